The molecule has 0 N–H and O–H groups in total. The molecule has 0 saturated carbocycles. The van der Waals surface area contributed by atoms with E-state index in [0.717, 1.165) is 37.4 Å². The largest absolute Gasteiger partial charge is 0.360 e. The summed E-state index contributed by atoms with van der Waals surface area (Å²) in [6, 6.07) is 11.5. The highest BCUT2D eigenvalue weighted by Gasteiger charge is 2.26. The number of imidazole rings is 1. The van der Waals surface area contributed by atoms with Gasteiger partial charge < -0.3 is 14.7 Å². The third kappa shape index (κ3) is 4.25. The molecule has 0 radical (unpaired) electrons. The lowest BCUT2D eigenvalue weighted by Crippen LogP contribution is -2.43. The smallest absolute Gasteiger partial charge is 0.211 e. The predicted molar refractivity (Wildman–Crippen MR) is 140 cm³/mol. The number of nitriles is 1. The average molecular weight is 485 g/mol. The minimum Gasteiger partial charge on any atom is -0.360 e. The SMILES string of the molecule is CN(C)c1ncc(-c2c(-c3ccc(C#N)cc3)nc(N3CCC(N(C)C)CC3)n3ccnc23)cc1F. The zero-order chi connectivity index (χ0) is 25.4. The van der Waals surface area contributed by atoms with E-state index in [1.54, 1.807) is 43.5 Å². The first-order chi connectivity index (χ1) is 17.4. The second kappa shape index (κ2) is 9.55. The summed E-state index contributed by atoms with van der Waals surface area (Å²) in [5.41, 5.74) is 4.06. The maximum absolute atomic E-state index is 15.0. The third-order valence-corrected chi connectivity index (χ3v) is 6.83. The number of hydrogen-bond acceptors (Lipinski definition) is 7. The van der Waals surface area contributed by atoms with Crippen LogP contribution in [0.1, 0.15) is 18.4 Å². The van der Waals surface area contributed by atoms with Crippen LogP contribution in [-0.4, -0.2) is 71.6 Å². The van der Waals surface area contributed by atoms with Crippen LogP contribution in [0, 0.1) is 17.1 Å². The summed E-state index contributed by atoms with van der Waals surface area (Å²) < 4.78 is 17.0. The van der Waals surface area contributed by atoms with Gasteiger partial charge in [0.25, 0.3) is 0 Å². The quantitative estimate of drug-likeness (QED) is 0.423. The zero-order valence-corrected chi connectivity index (χ0v) is 21.0. The molecule has 1 saturated heterocycles. The molecular weight excluding hydrogens is 455 g/mol. The minimum absolute atomic E-state index is 0.270. The summed E-state index contributed by atoms with van der Waals surface area (Å²) in [6.07, 6.45) is 7.40. The lowest BCUT2D eigenvalue weighted by atomic mass is 10.00. The maximum atomic E-state index is 15.0. The van der Waals surface area contributed by atoms with Gasteiger partial charge >= 0.3 is 0 Å². The summed E-state index contributed by atoms with van der Waals surface area (Å²) in [5.74, 6) is 0.662. The highest BCUT2D eigenvalue weighted by molar-refractivity contribution is 5.91. The number of hydrogen-bond donors (Lipinski definition) is 0. The third-order valence-electron chi connectivity index (χ3n) is 6.83. The molecule has 3 aromatic heterocycles. The molecule has 1 aromatic carbocycles. The molecule has 0 atom stereocenters. The molecule has 0 spiro atoms. The van der Waals surface area contributed by atoms with Crippen LogP contribution < -0.4 is 9.80 Å². The number of fused-ring (bicyclic) bond motifs is 1. The summed E-state index contributed by atoms with van der Waals surface area (Å²) in [5, 5.41) is 9.28. The van der Waals surface area contributed by atoms with Gasteiger partial charge in [0.05, 0.1) is 22.9 Å². The van der Waals surface area contributed by atoms with Crippen LogP contribution in [0.5, 0.6) is 0 Å². The number of nitrogens with zero attached hydrogens (tertiary/aromatic N) is 8. The first kappa shape index (κ1) is 23.7. The average Bonchev–Trinajstić information content (AvgIpc) is 3.37. The van der Waals surface area contributed by atoms with Crippen molar-refractivity contribution >= 4 is 17.4 Å². The van der Waals surface area contributed by atoms with Gasteiger partial charge in [-0.05, 0) is 45.1 Å². The summed E-state index contributed by atoms with van der Waals surface area (Å²) in [6.45, 7) is 1.76. The van der Waals surface area contributed by atoms with Crippen molar-refractivity contribution in [2.75, 3.05) is 51.1 Å². The Balaban J connectivity index is 1.70. The molecular formula is C27H29FN8. The minimum atomic E-state index is -0.414. The van der Waals surface area contributed by atoms with Crippen LogP contribution in [0.4, 0.5) is 16.2 Å². The Bertz CT molecular complexity index is 1430. The molecule has 0 bridgehead atoms. The molecule has 1 aliphatic heterocycles. The summed E-state index contributed by atoms with van der Waals surface area (Å²) in [7, 11) is 7.77. The fourth-order valence-corrected chi connectivity index (χ4v) is 4.84. The molecule has 184 valence electrons. The monoisotopic (exact) mass is 484 g/mol. The molecule has 4 aromatic rings. The number of halogens is 1. The van der Waals surface area contributed by atoms with Crippen molar-refractivity contribution in [3.8, 4) is 28.5 Å². The second-order valence-electron chi connectivity index (χ2n) is 9.55. The Kier molecular flexibility index (Phi) is 6.29. The molecule has 0 unspecified atom stereocenters. The van der Waals surface area contributed by atoms with Gasteiger partial charge in [-0.3, -0.25) is 4.40 Å². The molecule has 1 fully saturated rings. The van der Waals surface area contributed by atoms with Crippen LogP contribution in [-0.2, 0) is 0 Å². The number of benzene rings is 1. The molecule has 4 heterocycles. The van der Waals surface area contributed by atoms with Gasteiger partial charge in [0.15, 0.2) is 11.6 Å². The van der Waals surface area contributed by atoms with Crippen molar-refractivity contribution in [3.63, 3.8) is 0 Å². The van der Waals surface area contributed by atoms with Crippen molar-refractivity contribution in [3.05, 3.63) is 60.3 Å². The summed E-state index contributed by atoms with van der Waals surface area (Å²) >= 11 is 0. The number of piperidine rings is 1. The lowest BCUT2D eigenvalue weighted by molar-refractivity contribution is 0.249. The standard InChI is InChI=1S/C27H29FN8/c1-33(2)21-9-12-35(13-10-21)27-32-24(19-7-5-18(16-29)6-8-19)23(26-30-11-14-36(26)27)20-15-22(28)25(31-17-20)34(3)4/h5-8,11,14-15,17,21H,9-10,12-13H2,1-4H3. The van der Waals surface area contributed by atoms with E-state index in [4.69, 9.17) is 4.98 Å². The van der Waals surface area contributed by atoms with E-state index in [-0.39, 0.29) is 5.82 Å². The van der Waals surface area contributed by atoms with Crippen LogP contribution in [0.3, 0.4) is 0 Å². The van der Waals surface area contributed by atoms with Crippen LogP contribution in [0.15, 0.2) is 48.9 Å². The Morgan fingerprint density at radius 2 is 1.75 bits per heavy atom. The van der Waals surface area contributed by atoms with Crippen LogP contribution in [0.2, 0.25) is 0 Å². The van der Waals surface area contributed by atoms with E-state index in [0.29, 0.717) is 34.1 Å². The van der Waals surface area contributed by atoms with Crippen molar-refractivity contribution in [2.45, 2.75) is 18.9 Å². The van der Waals surface area contributed by atoms with E-state index < -0.39 is 5.82 Å². The van der Waals surface area contributed by atoms with Gasteiger partial charge in [-0.2, -0.15) is 5.26 Å². The van der Waals surface area contributed by atoms with Crippen LogP contribution >= 0.6 is 0 Å². The molecule has 1 aliphatic rings. The number of rotatable bonds is 5. The molecule has 5 rings (SSSR count). The van der Waals surface area contributed by atoms with E-state index in [9.17, 15) is 5.26 Å². The van der Waals surface area contributed by atoms with Crippen molar-refractivity contribution in [1.82, 2.24) is 24.3 Å². The first-order valence-electron chi connectivity index (χ1n) is 12.0. The van der Waals surface area contributed by atoms with Crippen molar-refractivity contribution < 1.29 is 4.39 Å². The van der Waals surface area contributed by atoms with Gasteiger partial charge in [0.2, 0.25) is 5.95 Å². The number of anilines is 2. The maximum Gasteiger partial charge on any atom is 0.211 e. The Labute approximate surface area is 210 Å². The highest BCUT2D eigenvalue weighted by Crippen LogP contribution is 2.37. The van der Waals surface area contributed by atoms with E-state index in [1.807, 2.05) is 22.7 Å². The highest BCUT2D eigenvalue weighted by atomic mass is 19.1. The van der Waals surface area contributed by atoms with E-state index in [2.05, 4.69) is 39.9 Å². The predicted octanol–water partition coefficient (Wildman–Crippen LogP) is 4.07. The normalized spacial score (nSPS) is 14.4. The van der Waals surface area contributed by atoms with Crippen molar-refractivity contribution in [1.29, 1.82) is 5.26 Å². The number of aromatic nitrogens is 4. The van der Waals surface area contributed by atoms with Gasteiger partial charge in [0, 0.05) is 62.9 Å². The molecule has 36 heavy (non-hydrogen) atoms. The molecule has 0 amide bonds. The zero-order valence-electron chi connectivity index (χ0n) is 21.0. The first-order valence-corrected chi connectivity index (χ1v) is 12.0. The van der Waals surface area contributed by atoms with E-state index in [1.165, 1.54) is 6.07 Å². The van der Waals surface area contributed by atoms with Crippen LogP contribution in [0.25, 0.3) is 28.0 Å². The molecule has 8 nitrogen and oxygen atoms in total. The summed E-state index contributed by atoms with van der Waals surface area (Å²) in [4.78, 5) is 20.4. The molecule has 9 heteroatoms. The van der Waals surface area contributed by atoms with Gasteiger partial charge in [0.1, 0.15) is 5.65 Å². The van der Waals surface area contributed by atoms with E-state index >= 15 is 4.39 Å². The van der Waals surface area contributed by atoms with Crippen molar-refractivity contribution in [2.24, 2.45) is 0 Å². The Morgan fingerprint density at radius 1 is 1.03 bits per heavy atom. The lowest BCUT2D eigenvalue weighted by Gasteiger charge is -2.36. The van der Waals surface area contributed by atoms with Gasteiger partial charge in [-0.1, -0.05) is 12.1 Å². The topological polar surface area (TPSA) is 76.6 Å². The second-order valence-corrected chi connectivity index (χ2v) is 9.55. The molecule has 0 aliphatic carbocycles. The Hall–Kier alpha value is -4.03. The van der Waals surface area contributed by atoms with Gasteiger partial charge in [-0.15, -0.1) is 0 Å². The number of pyridine rings is 1. The van der Waals surface area contributed by atoms with Gasteiger partial charge in [-0.25, -0.2) is 19.3 Å². The Morgan fingerprint density at radius 3 is 2.36 bits per heavy atom. The fourth-order valence-electron chi connectivity index (χ4n) is 4.84. The fraction of sp³-hybridized carbons (Fsp3) is 0.333.